The number of hydrogen-bond donors (Lipinski definition) is 0. The number of allylic oxidation sites excluding steroid dienone is 12. The lowest BCUT2D eigenvalue weighted by molar-refractivity contribution is -0.167. The molecule has 0 radical (unpaired) electrons. The van der Waals surface area contributed by atoms with Crippen molar-refractivity contribution in [3.63, 3.8) is 0 Å². The normalized spacial score (nSPS) is 12.5. The van der Waals surface area contributed by atoms with Gasteiger partial charge in [0.15, 0.2) is 6.10 Å². The van der Waals surface area contributed by atoms with Crippen LogP contribution in [-0.2, 0) is 28.6 Å². The fourth-order valence-corrected chi connectivity index (χ4v) is 9.60. The fourth-order valence-electron chi connectivity index (χ4n) is 9.60. The minimum absolute atomic E-state index is 0.0808. The lowest BCUT2D eigenvalue weighted by atomic mass is 10.0. The molecule has 0 aromatic carbocycles. The minimum atomic E-state index is -0.785. The summed E-state index contributed by atoms with van der Waals surface area (Å²) in [5, 5.41) is 0. The monoisotopic (exact) mass is 1070 g/mol. The molecule has 0 heterocycles. The topological polar surface area (TPSA) is 78.9 Å². The highest BCUT2D eigenvalue weighted by Crippen LogP contribution is 2.17. The van der Waals surface area contributed by atoms with Crippen molar-refractivity contribution in [3.05, 3.63) is 72.9 Å². The first-order valence-electron chi connectivity index (χ1n) is 33.4. The molecule has 0 aromatic heterocycles. The van der Waals surface area contributed by atoms with Gasteiger partial charge in [0.1, 0.15) is 13.2 Å². The first-order chi connectivity index (χ1) is 38.0. The summed E-state index contributed by atoms with van der Waals surface area (Å²) in [6.07, 6.45) is 84.9. The van der Waals surface area contributed by atoms with Crippen LogP contribution in [0.25, 0.3) is 0 Å². The first kappa shape index (κ1) is 73.8. The first-order valence-corrected chi connectivity index (χ1v) is 33.4. The molecule has 0 aliphatic carbocycles. The Kier molecular flexibility index (Phi) is 62.7. The Balaban J connectivity index is 4.22. The molecule has 0 spiro atoms. The molecule has 0 bridgehead atoms. The Hall–Kier alpha value is -3.15. The van der Waals surface area contributed by atoms with E-state index in [1.54, 1.807) is 0 Å². The third-order valence-corrected chi connectivity index (χ3v) is 14.6. The van der Waals surface area contributed by atoms with Crippen LogP contribution >= 0.6 is 0 Å². The highest BCUT2D eigenvalue weighted by Gasteiger charge is 2.19. The second-order valence-electron chi connectivity index (χ2n) is 22.4. The molecule has 0 aromatic rings. The van der Waals surface area contributed by atoms with E-state index in [1.165, 1.54) is 199 Å². The van der Waals surface area contributed by atoms with E-state index in [0.29, 0.717) is 19.3 Å². The van der Waals surface area contributed by atoms with Crippen molar-refractivity contribution in [1.29, 1.82) is 0 Å². The van der Waals surface area contributed by atoms with Gasteiger partial charge in [-0.25, -0.2) is 0 Å². The molecule has 1 unspecified atom stereocenters. The number of ether oxygens (including phenoxy) is 3. The van der Waals surface area contributed by atoms with Crippen LogP contribution in [0.15, 0.2) is 72.9 Å². The molecule has 0 aliphatic rings. The van der Waals surface area contributed by atoms with Gasteiger partial charge in [0.25, 0.3) is 0 Å². The van der Waals surface area contributed by atoms with Crippen molar-refractivity contribution in [3.8, 4) is 0 Å². The number of rotatable bonds is 61. The fraction of sp³-hybridized carbons (Fsp3) is 0.789. The predicted octanol–water partition coefficient (Wildman–Crippen LogP) is 22.9. The summed E-state index contributed by atoms with van der Waals surface area (Å²) < 4.78 is 16.9. The zero-order valence-corrected chi connectivity index (χ0v) is 51.2. The second kappa shape index (κ2) is 65.4. The van der Waals surface area contributed by atoms with Gasteiger partial charge in [-0.1, -0.05) is 286 Å². The quantitative estimate of drug-likeness (QED) is 0.0261. The van der Waals surface area contributed by atoms with Gasteiger partial charge in [-0.05, 0) is 109 Å². The molecule has 0 saturated heterocycles. The summed E-state index contributed by atoms with van der Waals surface area (Å²) >= 11 is 0. The second-order valence-corrected chi connectivity index (χ2v) is 22.4. The third kappa shape index (κ3) is 63.6. The van der Waals surface area contributed by atoms with Gasteiger partial charge in [-0.15, -0.1) is 0 Å². The van der Waals surface area contributed by atoms with Crippen molar-refractivity contribution >= 4 is 17.9 Å². The molecule has 77 heavy (non-hydrogen) atoms. The summed E-state index contributed by atoms with van der Waals surface area (Å²) in [5.41, 5.74) is 0. The van der Waals surface area contributed by atoms with Gasteiger partial charge >= 0.3 is 17.9 Å². The maximum atomic E-state index is 12.9. The number of hydrogen-bond acceptors (Lipinski definition) is 6. The van der Waals surface area contributed by atoms with Crippen LogP contribution in [-0.4, -0.2) is 37.2 Å². The molecular formula is C71H126O6. The highest BCUT2D eigenvalue weighted by molar-refractivity contribution is 5.71. The zero-order valence-electron chi connectivity index (χ0n) is 51.2. The number of unbranched alkanes of at least 4 members (excludes halogenated alkanes) is 38. The van der Waals surface area contributed by atoms with Crippen molar-refractivity contribution in [2.75, 3.05) is 13.2 Å². The van der Waals surface area contributed by atoms with E-state index in [1.807, 2.05) is 0 Å². The maximum Gasteiger partial charge on any atom is 0.306 e. The van der Waals surface area contributed by atoms with Gasteiger partial charge in [0.2, 0.25) is 0 Å². The Morgan fingerprint density at radius 3 is 0.792 bits per heavy atom. The Labute approximate surface area is 478 Å². The average molecular weight is 1080 g/mol. The third-order valence-electron chi connectivity index (χ3n) is 14.6. The van der Waals surface area contributed by atoms with E-state index in [2.05, 4.69) is 93.7 Å². The van der Waals surface area contributed by atoms with E-state index in [9.17, 15) is 14.4 Å². The smallest absolute Gasteiger partial charge is 0.306 e. The number of esters is 3. The molecule has 6 nitrogen and oxygen atoms in total. The Morgan fingerprint density at radius 1 is 0.260 bits per heavy atom. The van der Waals surface area contributed by atoms with Gasteiger partial charge in [-0.3, -0.25) is 14.4 Å². The number of carbonyl (C=O) groups is 3. The average Bonchev–Trinajstić information content (AvgIpc) is 3.43. The predicted molar refractivity (Wildman–Crippen MR) is 335 cm³/mol. The highest BCUT2D eigenvalue weighted by atomic mass is 16.6. The molecule has 0 aliphatic heterocycles. The van der Waals surface area contributed by atoms with Gasteiger partial charge in [0, 0.05) is 19.3 Å². The molecule has 0 fully saturated rings. The van der Waals surface area contributed by atoms with Crippen molar-refractivity contribution in [1.82, 2.24) is 0 Å². The van der Waals surface area contributed by atoms with Crippen LogP contribution in [0.4, 0.5) is 0 Å². The van der Waals surface area contributed by atoms with E-state index in [4.69, 9.17) is 14.2 Å². The number of carbonyl (C=O) groups excluding carboxylic acids is 3. The Bertz CT molecular complexity index is 1420. The van der Waals surface area contributed by atoms with Gasteiger partial charge < -0.3 is 14.2 Å². The molecular weight excluding hydrogens is 949 g/mol. The molecule has 0 saturated carbocycles. The largest absolute Gasteiger partial charge is 0.462 e. The summed E-state index contributed by atoms with van der Waals surface area (Å²) in [5.74, 6) is -0.888. The van der Waals surface area contributed by atoms with Gasteiger partial charge in [0.05, 0.1) is 0 Å². The van der Waals surface area contributed by atoms with Crippen LogP contribution in [0.2, 0.25) is 0 Å². The van der Waals surface area contributed by atoms with Crippen LogP contribution in [0.3, 0.4) is 0 Å². The summed E-state index contributed by atoms with van der Waals surface area (Å²) in [6, 6.07) is 0. The SMILES string of the molecule is CCC/C=C\C/C=C\CCCCCCCC(=O)OCC(COC(=O)CCCCCCCCCCCCCCCCCCC/C=C\C/C=C\CCCCCCC)OC(=O)CCCCCCCCC/C=C\C/C=C\CCCCC. The van der Waals surface area contributed by atoms with Crippen LogP contribution in [0.5, 0.6) is 0 Å². The molecule has 0 rings (SSSR count). The zero-order chi connectivity index (χ0) is 55.7. The molecule has 0 N–H and O–H groups in total. The minimum Gasteiger partial charge on any atom is -0.462 e. The van der Waals surface area contributed by atoms with E-state index in [-0.39, 0.29) is 31.1 Å². The van der Waals surface area contributed by atoms with Crippen molar-refractivity contribution in [2.24, 2.45) is 0 Å². The molecule has 446 valence electrons. The van der Waals surface area contributed by atoms with E-state index >= 15 is 0 Å². The maximum absolute atomic E-state index is 12.9. The van der Waals surface area contributed by atoms with Crippen LogP contribution in [0, 0.1) is 0 Å². The van der Waals surface area contributed by atoms with Crippen molar-refractivity contribution in [2.45, 2.75) is 348 Å². The molecule has 0 amide bonds. The Morgan fingerprint density at radius 2 is 0.494 bits per heavy atom. The van der Waals surface area contributed by atoms with Gasteiger partial charge in [-0.2, -0.15) is 0 Å². The summed E-state index contributed by atoms with van der Waals surface area (Å²) in [7, 11) is 0. The summed E-state index contributed by atoms with van der Waals surface area (Å²) in [4.78, 5) is 38.3. The standard InChI is InChI=1S/C71H126O6/c1-4-7-10-13-16-19-22-25-27-29-30-31-32-33-34-35-36-37-38-39-40-42-43-46-49-52-55-58-61-64-70(73)76-67-68(66-75-69(72)63-60-57-54-51-48-45-24-21-18-15-12-9-6-3)77-71(74)65-62-59-56-53-50-47-44-41-28-26-23-20-17-14-11-8-5-2/h12,15,17,20-22,24-26,28-30,68H,4-11,13-14,16,18-19,23,27,31-67H2,1-3H3/b15-12-,20-17-,24-21-,25-22-,28-26-,30-29-. The lowest BCUT2D eigenvalue weighted by Crippen LogP contribution is -2.30. The molecule has 1 atom stereocenters. The molecule has 6 heteroatoms. The van der Waals surface area contributed by atoms with E-state index < -0.39 is 6.10 Å². The van der Waals surface area contributed by atoms with Crippen LogP contribution in [0.1, 0.15) is 342 Å². The van der Waals surface area contributed by atoms with Crippen molar-refractivity contribution < 1.29 is 28.6 Å². The summed E-state index contributed by atoms with van der Waals surface area (Å²) in [6.45, 7) is 6.56. The van der Waals surface area contributed by atoms with E-state index in [0.717, 1.165) is 103 Å². The lowest BCUT2D eigenvalue weighted by Gasteiger charge is -2.18. The van der Waals surface area contributed by atoms with Crippen LogP contribution < -0.4 is 0 Å².